The fourth-order valence-electron chi connectivity index (χ4n) is 1.13. The van der Waals surface area contributed by atoms with Crippen LogP contribution < -0.4 is 4.74 Å². The lowest BCUT2D eigenvalue weighted by Gasteiger charge is -2.09. The number of rotatable bonds is 1. The molecule has 2 rings (SSSR count). The van der Waals surface area contributed by atoms with Crippen molar-refractivity contribution in [3.8, 4) is 5.75 Å². The Labute approximate surface area is 91.8 Å². The van der Waals surface area contributed by atoms with Gasteiger partial charge in [-0.25, -0.2) is 0 Å². The Balaban J connectivity index is 2.38. The first-order valence-electron chi connectivity index (χ1n) is 4.05. The van der Waals surface area contributed by atoms with E-state index in [9.17, 15) is 0 Å². The van der Waals surface area contributed by atoms with Crippen LogP contribution >= 0.6 is 23.2 Å². The zero-order valence-electron chi connectivity index (χ0n) is 7.15. The van der Waals surface area contributed by atoms with E-state index in [1.54, 1.807) is 6.21 Å². The lowest BCUT2D eigenvalue weighted by molar-refractivity contribution is 0.423. The van der Waals surface area contributed by atoms with Gasteiger partial charge in [-0.3, -0.25) is 4.99 Å². The molecule has 0 N–H and O–H groups in total. The first kappa shape index (κ1) is 9.56. The van der Waals surface area contributed by atoms with Crippen molar-refractivity contribution >= 4 is 29.4 Å². The molecule has 14 heavy (non-hydrogen) atoms. The Hall–Kier alpha value is -0.990. The highest BCUT2D eigenvalue weighted by Crippen LogP contribution is 2.25. The Bertz CT molecular complexity index is 399. The van der Waals surface area contributed by atoms with E-state index in [1.165, 1.54) is 6.20 Å². The first-order chi connectivity index (χ1) is 6.77. The van der Waals surface area contributed by atoms with Gasteiger partial charge < -0.3 is 4.74 Å². The molecule has 1 heterocycles. The summed E-state index contributed by atoms with van der Waals surface area (Å²) in [4.78, 5) is 3.34. The Morgan fingerprint density at radius 2 is 2.00 bits per heavy atom. The minimum Gasteiger partial charge on any atom is -0.457 e. The summed E-state index contributed by atoms with van der Waals surface area (Å²) in [7, 11) is 0. The zero-order chi connectivity index (χ0) is 9.97. The molecule has 0 unspecified atom stereocenters. The Morgan fingerprint density at radius 3 is 2.79 bits per heavy atom. The van der Waals surface area contributed by atoms with E-state index in [2.05, 4.69) is 4.99 Å². The highest BCUT2D eigenvalue weighted by Gasteiger charge is 2.13. The lowest BCUT2D eigenvalue weighted by atomic mass is 10.2. The molecule has 0 fully saturated rings. The smallest absolute Gasteiger partial charge is 0.166 e. The average molecular weight is 228 g/mol. The van der Waals surface area contributed by atoms with Gasteiger partial charge in [0.25, 0.3) is 0 Å². The van der Waals surface area contributed by atoms with Gasteiger partial charge >= 0.3 is 0 Å². The van der Waals surface area contributed by atoms with Crippen LogP contribution in [0, 0.1) is 0 Å². The third-order valence-electron chi connectivity index (χ3n) is 1.78. The number of para-hydroxylation sites is 1. The molecule has 72 valence electrons. The van der Waals surface area contributed by atoms with Crippen molar-refractivity contribution in [2.75, 3.05) is 0 Å². The summed E-state index contributed by atoms with van der Waals surface area (Å²) in [5.74, 6) is 1.15. The minimum absolute atomic E-state index is 0.439. The van der Waals surface area contributed by atoms with Crippen LogP contribution in [0.3, 0.4) is 0 Å². The van der Waals surface area contributed by atoms with Crippen molar-refractivity contribution in [2.24, 2.45) is 4.99 Å². The van der Waals surface area contributed by atoms with Gasteiger partial charge in [-0.15, -0.1) is 0 Å². The van der Waals surface area contributed by atoms with E-state index in [0.717, 1.165) is 5.56 Å². The van der Waals surface area contributed by atoms with E-state index >= 15 is 0 Å². The molecule has 0 amide bonds. The molecule has 0 radical (unpaired) electrons. The van der Waals surface area contributed by atoms with Crippen molar-refractivity contribution < 1.29 is 4.74 Å². The van der Waals surface area contributed by atoms with E-state index in [1.807, 2.05) is 24.3 Å². The highest BCUT2D eigenvalue weighted by molar-refractivity contribution is 6.46. The van der Waals surface area contributed by atoms with Crippen molar-refractivity contribution in [1.82, 2.24) is 0 Å². The predicted octanol–water partition coefficient (Wildman–Crippen LogP) is 3.14. The second kappa shape index (κ2) is 4.03. The number of halogens is 2. The molecule has 1 aliphatic rings. The third kappa shape index (κ3) is 1.91. The number of allylic oxidation sites excluding steroid dienone is 1. The van der Waals surface area contributed by atoms with E-state index in [-0.39, 0.29) is 0 Å². The molecule has 0 aromatic heterocycles. The molecule has 0 spiro atoms. The van der Waals surface area contributed by atoms with Crippen molar-refractivity contribution in [2.45, 2.75) is 4.84 Å². The fourth-order valence-corrected chi connectivity index (χ4v) is 1.33. The molecule has 1 aromatic carbocycles. The molecule has 0 aliphatic carbocycles. The molecule has 4 heteroatoms. The maximum Gasteiger partial charge on any atom is 0.166 e. The molecule has 0 saturated heterocycles. The summed E-state index contributed by atoms with van der Waals surface area (Å²) < 4.78 is 5.49. The van der Waals surface area contributed by atoms with Gasteiger partial charge in [0, 0.05) is 11.8 Å². The van der Waals surface area contributed by atoms with Gasteiger partial charge in [-0.1, -0.05) is 35.3 Å². The number of aliphatic imine (C=N–C) groups is 1. The van der Waals surface area contributed by atoms with Crippen LogP contribution in [0.15, 0.2) is 41.2 Å². The molecule has 0 bridgehead atoms. The monoisotopic (exact) mass is 227 g/mol. The van der Waals surface area contributed by atoms with Gasteiger partial charge in [0.05, 0.1) is 6.20 Å². The van der Waals surface area contributed by atoms with Crippen molar-refractivity contribution in [3.05, 3.63) is 41.8 Å². The summed E-state index contributed by atoms with van der Waals surface area (Å²) >= 11 is 11.4. The van der Waals surface area contributed by atoms with Crippen LogP contribution in [0.1, 0.15) is 5.56 Å². The molecule has 0 atom stereocenters. The summed E-state index contributed by atoms with van der Waals surface area (Å²) in [6.07, 6.45) is 3.23. The largest absolute Gasteiger partial charge is 0.457 e. The number of ether oxygens (including phenoxy) is 1. The van der Waals surface area contributed by atoms with E-state index in [0.29, 0.717) is 11.5 Å². The first-order valence-corrected chi connectivity index (χ1v) is 4.93. The lowest BCUT2D eigenvalue weighted by Crippen LogP contribution is -2.02. The van der Waals surface area contributed by atoms with Gasteiger partial charge in [-0.05, 0) is 12.1 Å². The summed E-state index contributed by atoms with van der Waals surface area (Å²) in [5.41, 5.74) is 0.910. The second-order valence-corrected chi connectivity index (χ2v) is 3.85. The number of alkyl halides is 2. The zero-order valence-corrected chi connectivity index (χ0v) is 8.66. The Kier molecular flexibility index (Phi) is 2.75. The maximum absolute atomic E-state index is 5.69. The van der Waals surface area contributed by atoms with Crippen LogP contribution in [0.4, 0.5) is 0 Å². The molecule has 0 saturated carbocycles. The third-order valence-corrected chi connectivity index (χ3v) is 2.21. The fraction of sp³-hybridized carbons (Fsp3) is 0.100. The number of fused-ring (bicyclic) bond motifs is 1. The molecule has 1 aliphatic heterocycles. The van der Waals surface area contributed by atoms with Crippen LogP contribution in [-0.2, 0) is 0 Å². The van der Waals surface area contributed by atoms with Crippen molar-refractivity contribution in [1.29, 1.82) is 0 Å². The number of benzene rings is 1. The van der Waals surface area contributed by atoms with E-state index in [4.69, 9.17) is 27.9 Å². The standard InChI is InChI=1S/C10H7Cl2NO/c11-10(12)9-6-13-5-7-3-1-2-4-8(7)14-9/h1-6,10H. The summed E-state index contributed by atoms with van der Waals surface area (Å²) in [5, 5.41) is 0. The number of nitrogens with zero attached hydrogens (tertiary/aromatic N) is 1. The van der Waals surface area contributed by atoms with Gasteiger partial charge in [-0.2, -0.15) is 0 Å². The van der Waals surface area contributed by atoms with E-state index < -0.39 is 4.84 Å². The molecular weight excluding hydrogens is 221 g/mol. The Morgan fingerprint density at radius 1 is 1.21 bits per heavy atom. The normalized spacial score (nSPS) is 14.4. The number of hydrogen-bond acceptors (Lipinski definition) is 2. The van der Waals surface area contributed by atoms with Crippen LogP contribution in [0.2, 0.25) is 0 Å². The SMILES string of the molecule is ClC(Cl)C1=CN=Cc2ccccc2O1. The summed E-state index contributed by atoms with van der Waals surface area (Å²) in [6, 6.07) is 7.55. The second-order valence-electron chi connectivity index (χ2n) is 2.75. The minimum atomic E-state index is -0.696. The van der Waals surface area contributed by atoms with Gasteiger partial charge in [0.2, 0.25) is 0 Å². The van der Waals surface area contributed by atoms with Crippen LogP contribution in [0.5, 0.6) is 5.75 Å². The van der Waals surface area contributed by atoms with Crippen LogP contribution in [0.25, 0.3) is 0 Å². The molecule has 2 nitrogen and oxygen atoms in total. The highest BCUT2D eigenvalue weighted by atomic mass is 35.5. The topological polar surface area (TPSA) is 21.6 Å². The predicted molar refractivity (Wildman–Crippen MR) is 58.2 cm³/mol. The van der Waals surface area contributed by atoms with Crippen LogP contribution in [-0.4, -0.2) is 11.1 Å². The summed E-state index contributed by atoms with van der Waals surface area (Å²) in [6.45, 7) is 0. The molecular formula is C10H7Cl2NO. The van der Waals surface area contributed by atoms with Gasteiger partial charge in [0.1, 0.15) is 5.75 Å². The number of hydrogen-bond donors (Lipinski definition) is 0. The van der Waals surface area contributed by atoms with Crippen molar-refractivity contribution in [3.63, 3.8) is 0 Å². The van der Waals surface area contributed by atoms with Gasteiger partial charge in [0.15, 0.2) is 10.6 Å². The quantitative estimate of drug-likeness (QED) is 0.676. The molecule has 1 aromatic rings. The maximum atomic E-state index is 5.69. The average Bonchev–Trinajstić information content (AvgIpc) is 2.39.